The number of ether oxygens (including phenoxy) is 2. The van der Waals surface area contributed by atoms with Crippen molar-refractivity contribution in [2.24, 2.45) is 18.9 Å². The third-order valence-corrected chi connectivity index (χ3v) is 9.95. The second kappa shape index (κ2) is 26.3. The average Bonchev–Trinajstić information content (AvgIpc) is 3.80. The number of hydrogen-bond donors (Lipinski definition) is 0. The van der Waals surface area contributed by atoms with Crippen molar-refractivity contribution < 1.29 is 40.6 Å². The number of halogens is 6. The lowest BCUT2D eigenvalue weighted by atomic mass is 9.80. The fourth-order valence-electron chi connectivity index (χ4n) is 6.96. The molecule has 1 atom stereocenters. The molecule has 1 aliphatic carbocycles. The Labute approximate surface area is 342 Å². The van der Waals surface area contributed by atoms with E-state index in [9.17, 15) is 31.1 Å². The Morgan fingerprint density at radius 1 is 1.12 bits per heavy atom. The summed E-state index contributed by atoms with van der Waals surface area (Å²) in [5, 5.41) is 12.7. The quantitative estimate of drug-likeness (QED) is 0.0759. The third-order valence-electron chi connectivity index (χ3n) is 9.95. The molecule has 4 rings (SSSR count). The van der Waals surface area contributed by atoms with Gasteiger partial charge in [0.15, 0.2) is 0 Å². The van der Waals surface area contributed by atoms with Gasteiger partial charge in [-0.1, -0.05) is 41.0 Å². The van der Waals surface area contributed by atoms with Gasteiger partial charge in [0.1, 0.15) is 0 Å². The van der Waals surface area contributed by atoms with E-state index in [1.807, 2.05) is 18.7 Å². The van der Waals surface area contributed by atoms with Crippen molar-refractivity contribution in [3.8, 4) is 0 Å². The number of aromatic nitrogens is 4. The van der Waals surface area contributed by atoms with E-state index in [0.717, 1.165) is 57.2 Å². The summed E-state index contributed by atoms with van der Waals surface area (Å²) in [6.07, 6.45) is 3.53. The number of fused-ring (bicyclic) bond motifs is 1. The van der Waals surface area contributed by atoms with E-state index in [4.69, 9.17) is 9.47 Å². The van der Waals surface area contributed by atoms with Gasteiger partial charge >= 0.3 is 12.1 Å². The molecule has 9 nitrogen and oxygen atoms in total. The number of hydrogen-bond acceptors (Lipinski definition) is 8. The number of anilines is 2. The number of carbonyl (C=O) groups excluding carboxylic acids is 1. The number of esters is 1. The normalized spacial score (nSPS) is 16.7. The van der Waals surface area contributed by atoms with E-state index >= 15 is 0 Å². The molecule has 1 unspecified atom stereocenters. The van der Waals surface area contributed by atoms with E-state index < -0.39 is 12.6 Å². The van der Waals surface area contributed by atoms with Crippen molar-refractivity contribution in [1.82, 2.24) is 20.2 Å². The molecular weight excluding hydrogens is 763 g/mol. The number of nitrogens with zero attached hydrogens (tertiary/aromatic N) is 6. The first kappa shape index (κ1) is 52.1. The zero-order valence-corrected chi connectivity index (χ0v) is 36.6. The summed E-state index contributed by atoms with van der Waals surface area (Å²) in [7, 11) is 3.18. The van der Waals surface area contributed by atoms with Gasteiger partial charge in [-0.25, -0.2) is 8.78 Å². The lowest BCUT2D eigenvalue weighted by Crippen LogP contribution is -2.37. The van der Waals surface area contributed by atoms with Crippen LogP contribution < -0.4 is 9.80 Å². The Kier molecular flexibility index (Phi) is 23.6. The fourth-order valence-corrected chi connectivity index (χ4v) is 6.96. The van der Waals surface area contributed by atoms with Crippen molar-refractivity contribution in [1.29, 1.82) is 0 Å². The molecule has 2 aromatic rings. The molecule has 0 spiro atoms. The van der Waals surface area contributed by atoms with Crippen molar-refractivity contribution >= 4 is 17.6 Å². The Morgan fingerprint density at radius 2 is 1.69 bits per heavy atom. The number of alkyl halides is 6. The van der Waals surface area contributed by atoms with Crippen LogP contribution in [0.4, 0.5) is 38.0 Å². The molecule has 0 amide bonds. The highest BCUT2D eigenvalue weighted by molar-refractivity contribution is 5.69. The van der Waals surface area contributed by atoms with Gasteiger partial charge < -0.3 is 19.3 Å². The zero-order valence-electron chi connectivity index (χ0n) is 36.6. The van der Waals surface area contributed by atoms with Crippen LogP contribution in [0.5, 0.6) is 0 Å². The first-order chi connectivity index (χ1) is 27.1. The van der Waals surface area contributed by atoms with Crippen LogP contribution in [0, 0.1) is 25.7 Å². The molecule has 0 saturated heterocycles. The molecule has 0 N–H and O–H groups in total. The molecule has 58 heavy (non-hydrogen) atoms. The predicted molar refractivity (Wildman–Crippen MR) is 221 cm³/mol. The maximum absolute atomic E-state index is 13.1. The molecule has 0 bridgehead atoms. The van der Waals surface area contributed by atoms with Crippen LogP contribution in [-0.4, -0.2) is 78.2 Å². The number of methoxy groups -OCH3 is 1. The van der Waals surface area contributed by atoms with Gasteiger partial charge in [-0.2, -0.15) is 18.0 Å². The third kappa shape index (κ3) is 19.7. The minimum Gasteiger partial charge on any atom is -0.469 e. The van der Waals surface area contributed by atoms with Gasteiger partial charge in [-0.05, 0) is 133 Å². The molecule has 15 heteroatoms. The molecule has 2 heterocycles. The summed E-state index contributed by atoms with van der Waals surface area (Å²) < 4.78 is 78.4. The number of aryl methyl sites for hydroxylation is 2. The Morgan fingerprint density at radius 3 is 2.19 bits per heavy atom. The smallest absolute Gasteiger partial charge is 0.386 e. The van der Waals surface area contributed by atoms with Crippen LogP contribution in [0.1, 0.15) is 116 Å². The summed E-state index contributed by atoms with van der Waals surface area (Å²) >= 11 is 0. The van der Waals surface area contributed by atoms with Crippen LogP contribution in [0.2, 0.25) is 0 Å². The largest absolute Gasteiger partial charge is 0.469 e. The lowest BCUT2D eigenvalue weighted by Gasteiger charge is -2.36. The lowest BCUT2D eigenvalue weighted by molar-refractivity contribution is -0.142. The minimum absolute atomic E-state index is 0.0450. The van der Waals surface area contributed by atoms with E-state index in [-0.39, 0.29) is 31.2 Å². The summed E-state index contributed by atoms with van der Waals surface area (Å²) in [6, 6.07) is 2.33. The summed E-state index contributed by atoms with van der Waals surface area (Å²) in [6.45, 7) is 23.1. The van der Waals surface area contributed by atoms with Gasteiger partial charge in [-0.15, -0.1) is 5.10 Å². The van der Waals surface area contributed by atoms with E-state index in [1.54, 1.807) is 7.05 Å². The zero-order chi connectivity index (χ0) is 44.2. The Balaban J connectivity index is 0.00000113. The topological polar surface area (TPSA) is 85.6 Å². The van der Waals surface area contributed by atoms with Gasteiger partial charge in [-0.3, -0.25) is 9.18 Å². The summed E-state index contributed by atoms with van der Waals surface area (Å²) in [4.78, 5) is 17.9. The molecule has 1 fully saturated rings. The van der Waals surface area contributed by atoms with Crippen LogP contribution in [0.15, 0.2) is 41.5 Å². The first-order valence-electron chi connectivity index (χ1n) is 20.0. The standard InChI is InChI=1S/C34H50F2N6O3.C5H10.C2H3F3.C2H5F/c1-22(15-24(3)33(35)36)18-42(34-37-39-40(6)38-34)25(4)9-8-14-41(19-28-12-10-27(11-13-28)17-31(43)44-7)32-23(2)16-29-20-45-21-30(29)26(32)5;1-4-5(2)3;1-2(3,4)5;1-2-3/h15-16,25,27-28,33H,3,8-14,17-21H2,1-2,4-7H3;4H,1-3H3;1H3;2H2,1H3/b22-15+;;;. The van der Waals surface area contributed by atoms with Crippen molar-refractivity contribution in [3.63, 3.8) is 0 Å². The van der Waals surface area contributed by atoms with Crippen molar-refractivity contribution in [2.75, 3.05) is 43.2 Å². The van der Waals surface area contributed by atoms with Gasteiger partial charge in [0, 0.05) is 50.3 Å². The van der Waals surface area contributed by atoms with Gasteiger partial charge in [0.05, 0.1) is 34.0 Å². The highest BCUT2D eigenvalue weighted by atomic mass is 19.4. The predicted octanol–water partition coefficient (Wildman–Crippen LogP) is 11.0. The Hall–Kier alpha value is -3.88. The molecule has 1 aromatic heterocycles. The van der Waals surface area contributed by atoms with Crippen LogP contribution in [0.3, 0.4) is 0 Å². The van der Waals surface area contributed by atoms with Crippen LogP contribution in [-0.2, 0) is 34.5 Å². The second-order valence-electron chi connectivity index (χ2n) is 15.4. The number of tetrazole rings is 1. The van der Waals surface area contributed by atoms with E-state index in [0.29, 0.717) is 44.0 Å². The molecule has 1 aromatic carbocycles. The minimum atomic E-state index is -4.00. The molecular formula is C43H68F6N6O3. The molecule has 1 aliphatic heterocycles. The molecule has 2 aliphatic rings. The highest BCUT2D eigenvalue weighted by Crippen LogP contribution is 2.37. The van der Waals surface area contributed by atoms with Crippen LogP contribution >= 0.6 is 0 Å². The van der Waals surface area contributed by atoms with Crippen LogP contribution in [0.25, 0.3) is 0 Å². The van der Waals surface area contributed by atoms with Crippen molar-refractivity contribution in [2.45, 2.75) is 139 Å². The molecule has 0 radical (unpaired) electrons. The van der Waals surface area contributed by atoms with E-state index in [1.165, 1.54) is 58.4 Å². The fraction of sp³-hybridized carbons (Fsp3) is 0.674. The SMILES string of the molecule is C=C(/C=C(\C)CN(c1nnn(C)n1)C(C)CCCN(CC1CCC(CC(=O)OC)CC1)c1c(C)cc2c(c1C)COC2)C(F)F.CC(F)(F)F.CC=C(C)C.CCF. The molecule has 1 saturated carbocycles. The first-order valence-corrected chi connectivity index (χ1v) is 20.0. The average molecular weight is 831 g/mol. The number of allylic oxidation sites excluding steroid dienone is 4. The number of rotatable bonds is 15. The Bertz CT molecular complexity index is 1590. The maximum atomic E-state index is 13.1. The van der Waals surface area contributed by atoms with Crippen molar-refractivity contribution in [3.05, 3.63) is 63.8 Å². The number of carbonyl (C=O) groups is 1. The summed E-state index contributed by atoms with van der Waals surface area (Å²) in [5.74, 6) is 1.32. The second-order valence-corrected chi connectivity index (χ2v) is 15.4. The highest BCUT2D eigenvalue weighted by Gasteiger charge is 2.28. The van der Waals surface area contributed by atoms with Gasteiger partial charge in [0.2, 0.25) is 0 Å². The van der Waals surface area contributed by atoms with E-state index in [2.05, 4.69) is 73.7 Å². The van der Waals surface area contributed by atoms with Gasteiger partial charge in [0.25, 0.3) is 12.4 Å². The maximum Gasteiger partial charge on any atom is 0.386 e. The monoisotopic (exact) mass is 831 g/mol. The summed E-state index contributed by atoms with van der Waals surface area (Å²) in [5.41, 5.74) is 8.42. The molecule has 330 valence electrons. The number of benzene rings is 1.